The van der Waals surface area contributed by atoms with E-state index in [0.29, 0.717) is 5.69 Å². The monoisotopic (exact) mass is 445 g/mol. The molecular weight excluding hydrogens is 418 g/mol. The second-order valence-corrected chi connectivity index (χ2v) is 9.13. The van der Waals surface area contributed by atoms with Crippen molar-refractivity contribution in [3.63, 3.8) is 0 Å². The number of rotatable bonds is 3. The van der Waals surface area contributed by atoms with Crippen LogP contribution in [0.5, 0.6) is 0 Å². The van der Waals surface area contributed by atoms with Crippen LogP contribution in [-0.2, 0) is 9.59 Å². The number of amides is 2. The Bertz CT molecular complexity index is 1200. The molecule has 0 bridgehead atoms. The average molecular weight is 446 g/mol. The fraction of sp³-hybridized carbons (Fsp3) is 0.269. The zero-order chi connectivity index (χ0) is 23.2. The number of aryl methyl sites for hydroxylation is 1. The normalized spacial score (nSPS) is 19.1. The minimum atomic E-state index is -0.479. The molecule has 0 spiro atoms. The highest BCUT2D eigenvalue weighted by Crippen LogP contribution is 2.40. The number of hydrogen-bond acceptors (Lipinski definition) is 4. The SMILES string of the molecule is CCN1c2cc(C)c(/C=C3\C(=O)NC(=S)N(c4ccccc4)C3=O)cc2C(C)=CC1(C)C. The predicted octanol–water partition coefficient (Wildman–Crippen LogP) is 4.85. The molecule has 2 aliphatic heterocycles. The molecule has 0 atom stereocenters. The van der Waals surface area contributed by atoms with E-state index >= 15 is 0 Å². The van der Waals surface area contributed by atoms with Gasteiger partial charge in [-0.25, -0.2) is 0 Å². The van der Waals surface area contributed by atoms with Crippen molar-refractivity contribution in [3.05, 3.63) is 70.8 Å². The zero-order valence-electron chi connectivity index (χ0n) is 19.0. The molecule has 1 N–H and O–H groups in total. The van der Waals surface area contributed by atoms with E-state index < -0.39 is 11.8 Å². The number of anilines is 2. The topological polar surface area (TPSA) is 52.7 Å². The first-order valence-corrected chi connectivity index (χ1v) is 11.1. The molecule has 1 saturated heterocycles. The first-order chi connectivity index (χ1) is 15.1. The predicted molar refractivity (Wildman–Crippen MR) is 135 cm³/mol. The molecule has 0 aliphatic carbocycles. The minimum Gasteiger partial charge on any atom is -0.363 e. The van der Waals surface area contributed by atoms with E-state index in [4.69, 9.17) is 12.2 Å². The lowest BCUT2D eigenvalue weighted by Crippen LogP contribution is -2.54. The van der Waals surface area contributed by atoms with E-state index in [1.807, 2.05) is 25.1 Å². The summed E-state index contributed by atoms with van der Waals surface area (Å²) in [6.07, 6.45) is 3.94. The summed E-state index contributed by atoms with van der Waals surface area (Å²) in [6.45, 7) is 11.6. The Morgan fingerprint density at radius 3 is 2.44 bits per heavy atom. The van der Waals surface area contributed by atoms with Crippen LogP contribution in [0.3, 0.4) is 0 Å². The van der Waals surface area contributed by atoms with E-state index in [2.05, 4.69) is 56.1 Å². The molecule has 1 fully saturated rings. The maximum absolute atomic E-state index is 13.3. The Labute approximate surface area is 194 Å². The van der Waals surface area contributed by atoms with Crippen molar-refractivity contribution in [2.24, 2.45) is 0 Å². The average Bonchev–Trinajstić information content (AvgIpc) is 2.72. The Hall–Kier alpha value is -3.25. The number of carbonyl (C=O) groups is 2. The highest BCUT2D eigenvalue weighted by atomic mass is 32.1. The van der Waals surface area contributed by atoms with Crippen molar-refractivity contribution in [2.45, 2.75) is 40.2 Å². The van der Waals surface area contributed by atoms with Crippen LogP contribution in [0.1, 0.15) is 44.4 Å². The number of allylic oxidation sites excluding steroid dienone is 1. The fourth-order valence-corrected chi connectivity index (χ4v) is 4.88. The summed E-state index contributed by atoms with van der Waals surface area (Å²) in [7, 11) is 0. The maximum Gasteiger partial charge on any atom is 0.270 e. The van der Waals surface area contributed by atoms with E-state index in [9.17, 15) is 9.59 Å². The summed E-state index contributed by atoms with van der Waals surface area (Å²) < 4.78 is 0. The van der Waals surface area contributed by atoms with Crippen LogP contribution in [0.2, 0.25) is 0 Å². The molecule has 2 amide bonds. The van der Waals surface area contributed by atoms with Crippen LogP contribution in [0.25, 0.3) is 11.6 Å². The van der Waals surface area contributed by atoms with Crippen LogP contribution >= 0.6 is 12.2 Å². The molecule has 2 aromatic carbocycles. The number of carbonyl (C=O) groups excluding carboxylic acids is 2. The van der Waals surface area contributed by atoms with Gasteiger partial charge in [0.2, 0.25) is 0 Å². The van der Waals surface area contributed by atoms with Gasteiger partial charge in [0.25, 0.3) is 11.8 Å². The molecule has 0 saturated carbocycles. The maximum atomic E-state index is 13.3. The molecule has 6 heteroatoms. The van der Waals surface area contributed by atoms with Gasteiger partial charge >= 0.3 is 0 Å². The smallest absolute Gasteiger partial charge is 0.270 e. The third-order valence-corrected chi connectivity index (χ3v) is 6.38. The zero-order valence-corrected chi connectivity index (χ0v) is 19.8. The molecule has 5 nitrogen and oxygen atoms in total. The summed E-state index contributed by atoms with van der Waals surface area (Å²) in [5.41, 5.74) is 5.91. The molecule has 0 unspecified atom stereocenters. The van der Waals surface area contributed by atoms with Crippen molar-refractivity contribution in [2.75, 3.05) is 16.3 Å². The van der Waals surface area contributed by atoms with Gasteiger partial charge in [0.1, 0.15) is 5.57 Å². The fourth-order valence-electron chi connectivity index (χ4n) is 4.60. The summed E-state index contributed by atoms with van der Waals surface area (Å²) >= 11 is 5.28. The van der Waals surface area contributed by atoms with E-state index in [1.54, 1.807) is 18.2 Å². The Morgan fingerprint density at radius 1 is 1.09 bits per heavy atom. The summed E-state index contributed by atoms with van der Waals surface area (Å²) in [6, 6.07) is 13.3. The molecule has 32 heavy (non-hydrogen) atoms. The molecular formula is C26H27N3O2S. The number of nitrogens with one attached hydrogen (secondary N) is 1. The molecule has 2 aliphatic rings. The van der Waals surface area contributed by atoms with Gasteiger partial charge in [0, 0.05) is 17.8 Å². The largest absolute Gasteiger partial charge is 0.363 e. The van der Waals surface area contributed by atoms with Gasteiger partial charge < -0.3 is 4.90 Å². The highest BCUT2D eigenvalue weighted by Gasteiger charge is 2.35. The summed E-state index contributed by atoms with van der Waals surface area (Å²) in [5.74, 6) is -0.904. The quantitative estimate of drug-likeness (QED) is 0.417. The van der Waals surface area contributed by atoms with Crippen molar-refractivity contribution in [3.8, 4) is 0 Å². The first-order valence-electron chi connectivity index (χ1n) is 10.7. The van der Waals surface area contributed by atoms with E-state index in [1.165, 1.54) is 16.2 Å². The number of para-hydroxylation sites is 1. The third-order valence-electron chi connectivity index (χ3n) is 6.10. The first kappa shape index (κ1) is 22.0. The summed E-state index contributed by atoms with van der Waals surface area (Å²) in [4.78, 5) is 29.7. The van der Waals surface area contributed by atoms with Crippen LogP contribution in [-0.4, -0.2) is 29.0 Å². The lowest BCUT2D eigenvalue weighted by molar-refractivity contribution is -0.122. The van der Waals surface area contributed by atoms with Crippen LogP contribution in [0.4, 0.5) is 11.4 Å². The molecule has 164 valence electrons. The molecule has 4 rings (SSSR count). The van der Waals surface area contributed by atoms with Crippen molar-refractivity contribution < 1.29 is 9.59 Å². The van der Waals surface area contributed by atoms with Crippen molar-refractivity contribution in [1.82, 2.24) is 5.32 Å². The highest BCUT2D eigenvalue weighted by molar-refractivity contribution is 7.80. The number of likely N-dealkylation sites (N-methyl/N-ethyl adjacent to an activating group) is 1. The number of nitrogens with zero attached hydrogens (tertiary/aromatic N) is 2. The van der Waals surface area contributed by atoms with E-state index in [0.717, 1.165) is 23.2 Å². The molecule has 2 aromatic rings. The number of benzene rings is 2. The lowest BCUT2D eigenvalue weighted by Gasteiger charge is -2.43. The third kappa shape index (κ3) is 3.65. The van der Waals surface area contributed by atoms with Gasteiger partial charge in [0.15, 0.2) is 5.11 Å². The molecule has 2 heterocycles. The van der Waals surface area contributed by atoms with Gasteiger partial charge in [-0.3, -0.25) is 19.8 Å². The Kier molecular flexibility index (Phi) is 5.51. The Balaban J connectivity index is 1.80. The van der Waals surface area contributed by atoms with Crippen molar-refractivity contribution in [1.29, 1.82) is 0 Å². The van der Waals surface area contributed by atoms with Crippen molar-refractivity contribution >= 4 is 52.2 Å². The minimum absolute atomic E-state index is 0.0654. The van der Waals surface area contributed by atoms with Gasteiger partial charge in [-0.1, -0.05) is 24.3 Å². The number of fused-ring (bicyclic) bond motifs is 1. The van der Waals surface area contributed by atoms with Gasteiger partial charge in [-0.05, 0) is 93.9 Å². The van der Waals surface area contributed by atoms with E-state index in [-0.39, 0.29) is 16.2 Å². The lowest BCUT2D eigenvalue weighted by atomic mass is 9.86. The second-order valence-electron chi connectivity index (χ2n) is 8.74. The second kappa shape index (κ2) is 8.02. The van der Waals surface area contributed by atoms with Gasteiger partial charge in [-0.2, -0.15) is 0 Å². The summed E-state index contributed by atoms with van der Waals surface area (Å²) in [5, 5.41) is 2.74. The number of thiocarbonyl (C=S) groups is 1. The molecule has 0 radical (unpaired) electrons. The Morgan fingerprint density at radius 2 is 1.78 bits per heavy atom. The number of hydrogen-bond donors (Lipinski definition) is 1. The van der Waals surface area contributed by atoms with Gasteiger partial charge in [0.05, 0.1) is 11.2 Å². The van der Waals surface area contributed by atoms with Crippen LogP contribution in [0, 0.1) is 6.92 Å². The standard InChI is InChI=1S/C26H27N3O2S/c1-6-28-22-12-16(2)18(13-20(22)17(3)15-26(28,4)5)14-21-23(30)27-25(32)29(24(21)31)19-10-8-7-9-11-19/h7-15H,6H2,1-5H3,(H,27,30,32)/b21-14+. The van der Waals surface area contributed by atoms with Gasteiger partial charge in [-0.15, -0.1) is 0 Å². The van der Waals surface area contributed by atoms with Crippen LogP contribution in [0.15, 0.2) is 54.1 Å². The van der Waals surface area contributed by atoms with Crippen LogP contribution < -0.4 is 15.1 Å². The molecule has 0 aromatic heterocycles.